The number of nitrogens with one attached hydrogen (secondary N) is 2. The fourth-order valence-electron chi connectivity index (χ4n) is 3.05. The third kappa shape index (κ3) is 6.30. The standard InChI is InChI=1S/C24H23ClN4O4/c1-28(2)23(30)13-16-7-10-19(11-8-16)27-24(31)17-9-12-21(22(14-17)29(32)33)26-15-18-5-3-4-6-20(18)25/h3-12,14,26H,13,15H2,1-2H3,(H,27,31). The van der Waals surface area contributed by atoms with Crippen molar-refractivity contribution in [1.29, 1.82) is 0 Å². The Kier molecular flexibility index (Phi) is 7.63. The Morgan fingerprint density at radius 1 is 1.03 bits per heavy atom. The summed E-state index contributed by atoms with van der Waals surface area (Å²) in [6, 6.07) is 18.3. The molecular weight excluding hydrogens is 444 g/mol. The molecule has 0 aliphatic rings. The molecule has 0 bridgehead atoms. The molecular formula is C24H23ClN4O4. The molecule has 0 saturated carbocycles. The van der Waals surface area contributed by atoms with E-state index < -0.39 is 10.8 Å². The van der Waals surface area contributed by atoms with Crippen LogP contribution in [0.2, 0.25) is 5.02 Å². The number of hydrogen-bond acceptors (Lipinski definition) is 5. The number of likely N-dealkylation sites (N-methyl/N-ethyl adjacent to an activating group) is 1. The molecule has 0 fully saturated rings. The van der Waals surface area contributed by atoms with Gasteiger partial charge in [0, 0.05) is 43.0 Å². The van der Waals surface area contributed by atoms with Gasteiger partial charge in [0.15, 0.2) is 0 Å². The van der Waals surface area contributed by atoms with E-state index in [4.69, 9.17) is 11.6 Å². The molecule has 0 aliphatic heterocycles. The van der Waals surface area contributed by atoms with Crippen LogP contribution < -0.4 is 10.6 Å². The Balaban J connectivity index is 1.70. The number of anilines is 2. The van der Waals surface area contributed by atoms with Crippen molar-refractivity contribution < 1.29 is 14.5 Å². The van der Waals surface area contributed by atoms with Crippen LogP contribution >= 0.6 is 11.6 Å². The second kappa shape index (κ2) is 10.6. The quantitative estimate of drug-likeness (QED) is 0.368. The molecule has 3 aromatic rings. The van der Waals surface area contributed by atoms with Gasteiger partial charge in [-0.3, -0.25) is 19.7 Å². The van der Waals surface area contributed by atoms with E-state index in [1.807, 2.05) is 12.1 Å². The van der Waals surface area contributed by atoms with Crippen molar-refractivity contribution in [3.05, 3.63) is 98.6 Å². The monoisotopic (exact) mass is 466 g/mol. The third-order valence-corrected chi connectivity index (χ3v) is 5.32. The van der Waals surface area contributed by atoms with Crippen LogP contribution in [0.15, 0.2) is 66.7 Å². The van der Waals surface area contributed by atoms with Crippen LogP contribution in [0.4, 0.5) is 17.1 Å². The highest BCUT2D eigenvalue weighted by Crippen LogP contribution is 2.27. The van der Waals surface area contributed by atoms with E-state index in [1.54, 1.807) is 50.5 Å². The number of halogens is 1. The molecule has 9 heteroatoms. The molecule has 8 nitrogen and oxygen atoms in total. The van der Waals surface area contributed by atoms with Crippen LogP contribution in [-0.2, 0) is 17.8 Å². The zero-order valence-electron chi connectivity index (χ0n) is 18.2. The minimum Gasteiger partial charge on any atom is -0.375 e. The van der Waals surface area contributed by atoms with Gasteiger partial charge in [-0.1, -0.05) is 41.9 Å². The average Bonchev–Trinajstić information content (AvgIpc) is 2.79. The van der Waals surface area contributed by atoms with Gasteiger partial charge in [0.2, 0.25) is 5.91 Å². The van der Waals surface area contributed by atoms with Crippen LogP contribution in [-0.4, -0.2) is 35.7 Å². The highest BCUT2D eigenvalue weighted by molar-refractivity contribution is 6.31. The van der Waals surface area contributed by atoms with Gasteiger partial charge in [0.05, 0.1) is 11.3 Å². The second-order valence-electron chi connectivity index (χ2n) is 7.55. The molecule has 0 spiro atoms. The SMILES string of the molecule is CN(C)C(=O)Cc1ccc(NC(=O)c2ccc(NCc3ccccc3Cl)c([N+](=O)[O-])c2)cc1. The number of nitro benzene ring substituents is 1. The lowest BCUT2D eigenvalue weighted by Gasteiger charge is -2.11. The van der Waals surface area contributed by atoms with Crippen LogP contribution in [0.1, 0.15) is 21.5 Å². The van der Waals surface area contributed by atoms with E-state index >= 15 is 0 Å². The van der Waals surface area contributed by atoms with Crippen molar-refractivity contribution >= 4 is 40.5 Å². The normalized spacial score (nSPS) is 10.4. The first-order chi connectivity index (χ1) is 15.7. The van der Waals surface area contributed by atoms with Gasteiger partial charge in [0.25, 0.3) is 11.6 Å². The topological polar surface area (TPSA) is 105 Å². The minimum atomic E-state index is -0.539. The lowest BCUT2D eigenvalue weighted by molar-refractivity contribution is -0.384. The largest absolute Gasteiger partial charge is 0.375 e. The molecule has 3 rings (SSSR count). The molecule has 2 amide bonds. The van der Waals surface area contributed by atoms with Gasteiger partial charge < -0.3 is 15.5 Å². The smallest absolute Gasteiger partial charge is 0.293 e. The van der Waals surface area contributed by atoms with Gasteiger partial charge in [-0.05, 0) is 41.5 Å². The van der Waals surface area contributed by atoms with E-state index in [2.05, 4.69) is 10.6 Å². The highest BCUT2D eigenvalue weighted by Gasteiger charge is 2.18. The molecule has 0 aliphatic carbocycles. The number of benzene rings is 3. The number of hydrogen-bond donors (Lipinski definition) is 2. The van der Waals surface area contributed by atoms with Crippen molar-refractivity contribution in [2.24, 2.45) is 0 Å². The molecule has 0 atom stereocenters. The highest BCUT2D eigenvalue weighted by atomic mass is 35.5. The van der Waals surface area contributed by atoms with Crippen molar-refractivity contribution in [3.63, 3.8) is 0 Å². The summed E-state index contributed by atoms with van der Waals surface area (Å²) >= 11 is 6.14. The van der Waals surface area contributed by atoms with Crippen LogP contribution in [0.25, 0.3) is 0 Å². The predicted molar refractivity (Wildman–Crippen MR) is 129 cm³/mol. The van der Waals surface area contributed by atoms with Crippen molar-refractivity contribution in [1.82, 2.24) is 4.90 Å². The first kappa shape index (κ1) is 23.7. The van der Waals surface area contributed by atoms with E-state index in [9.17, 15) is 19.7 Å². The number of carbonyl (C=O) groups is 2. The summed E-state index contributed by atoms with van der Waals surface area (Å²) in [6.07, 6.45) is 0.260. The Morgan fingerprint density at radius 2 is 1.73 bits per heavy atom. The van der Waals surface area contributed by atoms with Gasteiger partial charge in [-0.15, -0.1) is 0 Å². The molecule has 2 N–H and O–H groups in total. The van der Waals surface area contributed by atoms with Gasteiger partial charge in [0.1, 0.15) is 5.69 Å². The maximum atomic E-state index is 12.6. The molecule has 33 heavy (non-hydrogen) atoms. The second-order valence-corrected chi connectivity index (χ2v) is 7.96. The zero-order valence-corrected chi connectivity index (χ0v) is 18.9. The first-order valence-corrected chi connectivity index (χ1v) is 10.5. The van der Waals surface area contributed by atoms with E-state index in [-0.39, 0.29) is 29.3 Å². The Labute approximate surface area is 196 Å². The molecule has 3 aromatic carbocycles. The molecule has 0 radical (unpaired) electrons. The fraction of sp³-hybridized carbons (Fsp3) is 0.167. The van der Waals surface area contributed by atoms with Gasteiger partial charge in [-0.25, -0.2) is 0 Å². The molecule has 0 unspecified atom stereocenters. The van der Waals surface area contributed by atoms with Gasteiger partial charge >= 0.3 is 0 Å². The van der Waals surface area contributed by atoms with E-state index in [1.165, 1.54) is 23.1 Å². The Bertz CT molecular complexity index is 1180. The number of nitrogens with zero attached hydrogens (tertiary/aromatic N) is 2. The van der Waals surface area contributed by atoms with Crippen LogP contribution in [0, 0.1) is 10.1 Å². The zero-order chi connectivity index (χ0) is 24.0. The maximum absolute atomic E-state index is 12.6. The Hall–Kier alpha value is -3.91. The summed E-state index contributed by atoms with van der Waals surface area (Å²) in [5, 5.41) is 17.9. The summed E-state index contributed by atoms with van der Waals surface area (Å²) in [5.41, 5.74) is 2.35. The minimum absolute atomic E-state index is 0.0256. The maximum Gasteiger partial charge on any atom is 0.293 e. The average molecular weight is 467 g/mol. The molecule has 0 aromatic heterocycles. The lowest BCUT2D eigenvalue weighted by atomic mass is 10.1. The van der Waals surface area contributed by atoms with Crippen molar-refractivity contribution in [3.8, 4) is 0 Å². The Morgan fingerprint density at radius 3 is 2.36 bits per heavy atom. The van der Waals surface area contributed by atoms with Crippen molar-refractivity contribution in [2.75, 3.05) is 24.7 Å². The van der Waals surface area contributed by atoms with Crippen LogP contribution in [0.3, 0.4) is 0 Å². The number of nitro groups is 1. The molecule has 0 saturated heterocycles. The summed E-state index contributed by atoms with van der Waals surface area (Å²) in [6.45, 7) is 0.300. The number of carbonyl (C=O) groups excluding carboxylic acids is 2. The van der Waals surface area contributed by atoms with Crippen LogP contribution in [0.5, 0.6) is 0 Å². The van der Waals surface area contributed by atoms with E-state index in [0.717, 1.165) is 11.1 Å². The number of amides is 2. The summed E-state index contributed by atoms with van der Waals surface area (Å²) in [5.74, 6) is -0.504. The van der Waals surface area contributed by atoms with Gasteiger partial charge in [-0.2, -0.15) is 0 Å². The fourth-order valence-corrected chi connectivity index (χ4v) is 3.25. The lowest BCUT2D eigenvalue weighted by Crippen LogP contribution is -2.23. The third-order valence-electron chi connectivity index (χ3n) is 4.95. The summed E-state index contributed by atoms with van der Waals surface area (Å²) in [7, 11) is 3.38. The summed E-state index contributed by atoms with van der Waals surface area (Å²) in [4.78, 5) is 37.0. The predicted octanol–water partition coefficient (Wildman–Crippen LogP) is 4.74. The van der Waals surface area contributed by atoms with E-state index in [0.29, 0.717) is 17.3 Å². The van der Waals surface area contributed by atoms with Crippen molar-refractivity contribution in [2.45, 2.75) is 13.0 Å². The summed E-state index contributed by atoms with van der Waals surface area (Å²) < 4.78 is 0. The molecule has 170 valence electrons. The number of rotatable bonds is 8. The first-order valence-electron chi connectivity index (χ1n) is 10.1. The molecule has 0 heterocycles.